The third kappa shape index (κ3) is 5.20. The molecule has 27 heavy (non-hydrogen) atoms. The van der Waals surface area contributed by atoms with E-state index in [1.807, 2.05) is 31.2 Å². The molecule has 7 heteroatoms. The van der Waals surface area contributed by atoms with E-state index >= 15 is 0 Å². The predicted octanol–water partition coefficient (Wildman–Crippen LogP) is 3.80. The van der Waals surface area contributed by atoms with E-state index in [0.29, 0.717) is 22.8 Å². The number of nitrogens with zero attached hydrogens (tertiary/aromatic N) is 2. The number of carbonyl (C=O) groups is 1. The number of aliphatic imine (C=N–C) groups is 1. The number of hydrogen-bond donors (Lipinski definition) is 0. The normalized spacial score (nSPS) is 18.9. The lowest BCUT2D eigenvalue weighted by atomic mass is 10.1. The smallest absolute Gasteiger partial charge is 0.259 e. The van der Waals surface area contributed by atoms with Crippen molar-refractivity contribution in [2.75, 3.05) is 12.8 Å². The second-order valence-electron chi connectivity index (χ2n) is 6.85. The van der Waals surface area contributed by atoms with Gasteiger partial charge in [-0.15, -0.1) is 0 Å². The van der Waals surface area contributed by atoms with Crippen LogP contribution in [0.25, 0.3) is 0 Å². The van der Waals surface area contributed by atoms with E-state index < -0.39 is 9.84 Å². The number of aryl methyl sites for hydroxylation is 1. The molecule has 1 aliphatic heterocycles. The van der Waals surface area contributed by atoms with Crippen LogP contribution in [0.1, 0.15) is 28.4 Å². The van der Waals surface area contributed by atoms with Gasteiger partial charge >= 0.3 is 0 Å². The van der Waals surface area contributed by atoms with E-state index in [4.69, 9.17) is 0 Å². The molecule has 5 nitrogen and oxygen atoms in total. The molecule has 1 aliphatic rings. The summed E-state index contributed by atoms with van der Waals surface area (Å²) in [7, 11) is -3.16. The highest BCUT2D eigenvalue weighted by Crippen LogP contribution is 2.29. The van der Waals surface area contributed by atoms with Gasteiger partial charge in [-0.1, -0.05) is 43.0 Å². The second-order valence-corrected chi connectivity index (χ2v) is 10.4. The Morgan fingerprint density at radius 2 is 1.96 bits per heavy atom. The molecule has 0 saturated carbocycles. The van der Waals surface area contributed by atoms with Crippen molar-refractivity contribution in [3.05, 3.63) is 65.2 Å². The van der Waals surface area contributed by atoms with Gasteiger partial charge in [0.25, 0.3) is 5.91 Å². The molecule has 0 aromatic heterocycles. The van der Waals surface area contributed by atoms with Crippen molar-refractivity contribution < 1.29 is 13.2 Å². The average molecular weight is 403 g/mol. The Labute approximate surface area is 164 Å². The summed E-state index contributed by atoms with van der Waals surface area (Å²) in [5, 5.41) is 0.920. The quantitative estimate of drug-likeness (QED) is 0.780. The highest BCUT2D eigenvalue weighted by molar-refractivity contribution is 8.14. The van der Waals surface area contributed by atoms with Gasteiger partial charge in [0.2, 0.25) is 0 Å². The lowest BCUT2D eigenvalue weighted by Crippen LogP contribution is -2.32. The number of amides is 1. The van der Waals surface area contributed by atoms with Crippen LogP contribution in [-0.2, 0) is 15.6 Å². The fraction of sp³-hybridized carbons (Fsp3) is 0.300. The first kappa shape index (κ1) is 19.6. The molecule has 1 amide bonds. The topological polar surface area (TPSA) is 66.8 Å². The first-order valence-electron chi connectivity index (χ1n) is 8.62. The van der Waals surface area contributed by atoms with Crippen molar-refractivity contribution in [3.63, 3.8) is 0 Å². The zero-order valence-corrected chi connectivity index (χ0v) is 17.2. The van der Waals surface area contributed by atoms with Gasteiger partial charge in [-0.05, 0) is 42.3 Å². The van der Waals surface area contributed by atoms with Crippen molar-refractivity contribution in [1.82, 2.24) is 4.90 Å². The van der Waals surface area contributed by atoms with Crippen molar-refractivity contribution in [1.29, 1.82) is 0 Å². The number of rotatable bonds is 4. The Hall–Kier alpha value is -2.12. The summed E-state index contributed by atoms with van der Waals surface area (Å²) in [6.45, 7) is 4.64. The summed E-state index contributed by atoms with van der Waals surface area (Å²) in [5.41, 5.74) is 3.01. The molecule has 1 heterocycles. The van der Waals surface area contributed by atoms with Crippen molar-refractivity contribution >= 4 is 38.4 Å². The van der Waals surface area contributed by atoms with Crippen LogP contribution in [0.2, 0.25) is 0 Å². The number of carbonyl (C=O) groups excluding carboxylic acids is 1. The molecule has 0 N–H and O–H groups in total. The Morgan fingerprint density at radius 3 is 2.67 bits per heavy atom. The Kier molecular flexibility index (Phi) is 5.72. The lowest BCUT2D eigenvalue weighted by molar-refractivity contribution is 0.0855. The molecule has 2 aromatic carbocycles. The maximum Gasteiger partial charge on any atom is 0.259 e. The highest BCUT2D eigenvalue weighted by Gasteiger charge is 2.31. The van der Waals surface area contributed by atoms with Crippen LogP contribution in [0.4, 0.5) is 5.69 Å². The molecular formula is C20H22N2O3S2. The minimum Gasteiger partial charge on any atom is -0.286 e. The van der Waals surface area contributed by atoms with E-state index in [0.717, 1.165) is 11.3 Å². The number of hydrogen-bond acceptors (Lipinski definition) is 5. The SMILES string of the molecule is Cc1cccc(N=C2SC(C)CN2C(=O)c2cccc(CS(C)(=O)=O)c2)c1. The van der Waals surface area contributed by atoms with Crippen LogP contribution >= 0.6 is 11.8 Å². The lowest BCUT2D eigenvalue weighted by Gasteiger charge is -2.16. The van der Waals surface area contributed by atoms with E-state index in [1.54, 1.807) is 40.9 Å². The van der Waals surface area contributed by atoms with Crippen LogP contribution in [-0.4, -0.2) is 42.4 Å². The van der Waals surface area contributed by atoms with Crippen LogP contribution in [0.15, 0.2) is 53.5 Å². The fourth-order valence-corrected chi connectivity index (χ4v) is 4.74. The number of thioether (sulfide) groups is 1. The van der Waals surface area contributed by atoms with E-state index in [1.165, 1.54) is 6.26 Å². The Morgan fingerprint density at radius 1 is 1.22 bits per heavy atom. The number of amidine groups is 1. The maximum absolute atomic E-state index is 13.1. The molecule has 0 spiro atoms. The summed E-state index contributed by atoms with van der Waals surface area (Å²) in [6, 6.07) is 14.7. The van der Waals surface area contributed by atoms with Gasteiger partial charge in [0, 0.05) is 23.6 Å². The molecule has 1 saturated heterocycles. The molecule has 1 unspecified atom stereocenters. The maximum atomic E-state index is 13.1. The molecule has 2 aromatic rings. The summed E-state index contributed by atoms with van der Waals surface area (Å²) >= 11 is 1.57. The van der Waals surface area contributed by atoms with Gasteiger partial charge in [-0.2, -0.15) is 0 Å². The molecule has 3 rings (SSSR count). The summed E-state index contributed by atoms with van der Waals surface area (Å²) in [6.07, 6.45) is 1.19. The molecular weight excluding hydrogens is 380 g/mol. The Balaban J connectivity index is 1.89. The van der Waals surface area contributed by atoms with Gasteiger partial charge in [-0.3, -0.25) is 9.69 Å². The summed E-state index contributed by atoms with van der Waals surface area (Å²) in [4.78, 5) is 19.4. The first-order valence-corrected chi connectivity index (χ1v) is 11.6. The minimum absolute atomic E-state index is 0.0798. The molecule has 0 bridgehead atoms. The zero-order valence-electron chi connectivity index (χ0n) is 15.5. The number of benzene rings is 2. The van der Waals surface area contributed by atoms with Crippen LogP contribution in [0.5, 0.6) is 0 Å². The Bertz CT molecular complexity index is 1000. The third-order valence-corrected chi connectivity index (χ3v) is 5.98. The summed E-state index contributed by atoms with van der Waals surface area (Å²) < 4.78 is 23.1. The van der Waals surface area contributed by atoms with Crippen LogP contribution < -0.4 is 0 Å². The van der Waals surface area contributed by atoms with Crippen LogP contribution in [0, 0.1) is 6.92 Å². The van der Waals surface area contributed by atoms with Crippen LogP contribution in [0.3, 0.4) is 0 Å². The highest BCUT2D eigenvalue weighted by atomic mass is 32.2. The van der Waals surface area contributed by atoms with Crippen molar-refractivity contribution in [3.8, 4) is 0 Å². The van der Waals surface area contributed by atoms with Gasteiger partial charge in [-0.25, -0.2) is 13.4 Å². The van der Waals surface area contributed by atoms with Gasteiger partial charge in [0.15, 0.2) is 15.0 Å². The number of sulfone groups is 1. The molecule has 142 valence electrons. The second kappa shape index (κ2) is 7.86. The van der Waals surface area contributed by atoms with Gasteiger partial charge in [0.1, 0.15) is 0 Å². The predicted molar refractivity (Wildman–Crippen MR) is 111 cm³/mol. The average Bonchev–Trinajstić information content (AvgIpc) is 2.93. The molecule has 0 aliphatic carbocycles. The van der Waals surface area contributed by atoms with Gasteiger partial charge < -0.3 is 0 Å². The first-order chi connectivity index (χ1) is 12.7. The van der Waals surface area contributed by atoms with E-state index in [9.17, 15) is 13.2 Å². The monoisotopic (exact) mass is 402 g/mol. The molecule has 0 radical (unpaired) electrons. The molecule has 1 atom stereocenters. The van der Waals surface area contributed by atoms with Crippen molar-refractivity contribution in [2.45, 2.75) is 24.9 Å². The van der Waals surface area contributed by atoms with Gasteiger partial charge in [0.05, 0.1) is 11.4 Å². The van der Waals surface area contributed by atoms with Crippen molar-refractivity contribution in [2.24, 2.45) is 4.99 Å². The minimum atomic E-state index is -3.16. The fourth-order valence-electron chi connectivity index (χ4n) is 2.93. The van der Waals surface area contributed by atoms with E-state index in [-0.39, 0.29) is 16.9 Å². The summed E-state index contributed by atoms with van der Waals surface area (Å²) in [5.74, 6) is -0.239. The largest absolute Gasteiger partial charge is 0.286 e. The third-order valence-electron chi connectivity index (χ3n) is 4.05. The zero-order chi connectivity index (χ0) is 19.6. The van der Waals surface area contributed by atoms with E-state index in [2.05, 4.69) is 11.9 Å². The molecule has 1 fully saturated rings. The standard InChI is InChI=1S/C20H22N2O3S2/c1-14-6-4-9-18(10-14)21-20-22(12-15(2)26-20)19(23)17-8-5-7-16(11-17)13-27(3,24)25/h4-11,15H,12-13H2,1-3H3.